The number of fused-ring (bicyclic) bond motifs is 1. The molecule has 28 heavy (non-hydrogen) atoms. The number of benzene rings is 2. The number of carbonyl (C=O) groups is 2. The quantitative estimate of drug-likeness (QED) is 0.802. The second kappa shape index (κ2) is 7.48. The van der Waals surface area contributed by atoms with Gasteiger partial charge in [-0.05, 0) is 61.1 Å². The Kier molecular flexibility index (Phi) is 5.03. The van der Waals surface area contributed by atoms with Gasteiger partial charge in [0.25, 0.3) is 0 Å². The standard InChI is InChI=1S/C21H22N2O4S/c24-20-9-4-10-21(25)23(20)16-11-13-17(14-12-16)28(26,27)22-19-8-3-6-15-5-1-2-7-18(15)19/h1-2,5,7,11-14,19,22H,3-4,6,8-10H2. The Hall–Kier alpha value is -2.51. The summed E-state index contributed by atoms with van der Waals surface area (Å²) >= 11 is 0. The first-order valence-corrected chi connectivity index (χ1v) is 11.0. The number of carbonyl (C=O) groups excluding carboxylic acids is 2. The van der Waals surface area contributed by atoms with E-state index in [1.165, 1.54) is 29.8 Å². The average molecular weight is 398 g/mol. The summed E-state index contributed by atoms with van der Waals surface area (Å²) in [6.07, 6.45) is 3.87. The van der Waals surface area contributed by atoms with Gasteiger partial charge in [0.1, 0.15) is 0 Å². The van der Waals surface area contributed by atoms with Crippen LogP contribution in [-0.4, -0.2) is 20.2 Å². The molecule has 2 aliphatic rings. The van der Waals surface area contributed by atoms with Crippen molar-refractivity contribution >= 4 is 27.5 Å². The molecule has 146 valence electrons. The van der Waals surface area contributed by atoms with Gasteiger partial charge < -0.3 is 0 Å². The molecule has 2 amide bonds. The summed E-state index contributed by atoms with van der Waals surface area (Å²) in [5, 5.41) is 0. The number of amides is 2. The van der Waals surface area contributed by atoms with E-state index in [2.05, 4.69) is 4.72 Å². The molecule has 1 atom stereocenters. The number of piperidine rings is 1. The van der Waals surface area contributed by atoms with E-state index < -0.39 is 10.0 Å². The molecule has 0 bridgehead atoms. The Morgan fingerprint density at radius 3 is 2.25 bits per heavy atom. The fraction of sp³-hybridized carbons (Fsp3) is 0.333. The Morgan fingerprint density at radius 1 is 0.857 bits per heavy atom. The number of anilines is 1. The van der Waals surface area contributed by atoms with E-state index >= 15 is 0 Å². The number of sulfonamides is 1. The van der Waals surface area contributed by atoms with Gasteiger partial charge in [0, 0.05) is 18.9 Å². The Bertz CT molecular complexity index is 999. The molecule has 1 saturated heterocycles. The third-order valence-electron chi connectivity index (χ3n) is 5.35. The second-order valence-corrected chi connectivity index (χ2v) is 8.95. The first-order chi connectivity index (χ1) is 13.5. The summed E-state index contributed by atoms with van der Waals surface area (Å²) < 4.78 is 28.5. The number of imide groups is 1. The number of aryl methyl sites for hydroxylation is 1. The maximum absolute atomic E-state index is 12.9. The zero-order valence-electron chi connectivity index (χ0n) is 15.4. The first kappa shape index (κ1) is 18.8. The normalized spacial score (nSPS) is 20.1. The van der Waals surface area contributed by atoms with Gasteiger partial charge in [0.15, 0.2) is 0 Å². The number of nitrogens with one attached hydrogen (secondary N) is 1. The Balaban J connectivity index is 1.56. The highest BCUT2D eigenvalue weighted by Crippen LogP contribution is 2.31. The minimum Gasteiger partial charge on any atom is -0.274 e. The van der Waals surface area contributed by atoms with Gasteiger partial charge in [-0.3, -0.25) is 14.5 Å². The minimum absolute atomic E-state index is 0.121. The summed E-state index contributed by atoms with van der Waals surface area (Å²) in [7, 11) is -3.72. The van der Waals surface area contributed by atoms with E-state index in [0.717, 1.165) is 29.7 Å². The van der Waals surface area contributed by atoms with E-state index in [1.54, 1.807) is 0 Å². The van der Waals surface area contributed by atoms with Gasteiger partial charge in [-0.2, -0.15) is 0 Å². The van der Waals surface area contributed by atoms with Crippen LogP contribution in [0.4, 0.5) is 5.69 Å². The van der Waals surface area contributed by atoms with Crippen LogP contribution in [0.15, 0.2) is 53.4 Å². The molecule has 7 heteroatoms. The number of hydrogen-bond acceptors (Lipinski definition) is 4. The van der Waals surface area contributed by atoms with Gasteiger partial charge in [0.2, 0.25) is 21.8 Å². The molecule has 2 aromatic carbocycles. The molecule has 6 nitrogen and oxygen atoms in total. The van der Waals surface area contributed by atoms with Crippen LogP contribution in [0.2, 0.25) is 0 Å². The Morgan fingerprint density at radius 2 is 1.54 bits per heavy atom. The molecule has 1 heterocycles. The molecule has 0 saturated carbocycles. The average Bonchev–Trinajstić information content (AvgIpc) is 2.68. The van der Waals surface area contributed by atoms with Crippen LogP contribution >= 0.6 is 0 Å². The van der Waals surface area contributed by atoms with Crippen molar-refractivity contribution in [1.82, 2.24) is 4.72 Å². The fourth-order valence-electron chi connectivity index (χ4n) is 3.95. The lowest BCUT2D eigenvalue weighted by Crippen LogP contribution is -2.40. The van der Waals surface area contributed by atoms with Crippen LogP contribution in [0.25, 0.3) is 0 Å². The topological polar surface area (TPSA) is 83.6 Å². The van der Waals surface area contributed by atoms with E-state index in [4.69, 9.17) is 0 Å². The number of nitrogens with zero attached hydrogens (tertiary/aromatic N) is 1. The maximum atomic E-state index is 12.9. The highest BCUT2D eigenvalue weighted by Gasteiger charge is 2.29. The second-order valence-electron chi connectivity index (χ2n) is 7.24. The van der Waals surface area contributed by atoms with Crippen LogP contribution in [0, 0.1) is 0 Å². The first-order valence-electron chi connectivity index (χ1n) is 9.52. The summed E-state index contributed by atoms with van der Waals surface area (Å²) in [4.78, 5) is 25.3. The largest absolute Gasteiger partial charge is 0.274 e. The van der Waals surface area contributed by atoms with Crippen LogP contribution in [0.3, 0.4) is 0 Å². The van der Waals surface area contributed by atoms with Gasteiger partial charge in [-0.15, -0.1) is 0 Å². The van der Waals surface area contributed by atoms with Crippen molar-refractivity contribution in [2.75, 3.05) is 4.90 Å². The maximum Gasteiger partial charge on any atom is 0.241 e. The molecular formula is C21H22N2O4S. The lowest BCUT2D eigenvalue weighted by Gasteiger charge is -2.26. The van der Waals surface area contributed by atoms with Gasteiger partial charge >= 0.3 is 0 Å². The van der Waals surface area contributed by atoms with Crippen molar-refractivity contribution in [3.05, 3.63) is 59.7 Å². The van der Waals surface area contributed by atoms with Gasteiger partial charge in [0.05, 0.1) is 10.6 Å². The molecule has 1 aliphatic carbocycles. The molecule has 1 aliphatic heterocycles. The zero-order chi connectivity index (χ0) is 19.7. The number of rotatable bonds is 4. The van der Waals surface area contributed by atoms with E-state index in [-0.39, 0.29) is 22.8 Å². The van der Waals surface area contributed by atoms with Crippen LogP contribution in [0.5, 0.6) is 0 Å². The Labute approximate surface area is 164 Å². The monoisotopic (exact) mass is 398 g/mol. The molecule has 2 aromatic rings. The van der Waals surface area contributed by atoms with Crippen molar-refractivity contribution in [3.8, 4) is 0 Å². The van der Waals surface area contributed by atoms with Gasteiger partial charge in [-0.1, -0.05) is 24.3 Å². The smallest absolute Gasteiger partial charge is 0.241 e. The molecule has 1 N–H and O–H groups in total. The summed E-state index contributed by atoms with van der Waals surface area (Å²) in [6, 6.07) is 13.6. The van der Waals surface area contributed by atoms with Crippen molar-refractivity contribution in [2.24, 2.45) is 0 Å². The lowest BCUT2D eigenvalue weighted by molar-refractivity contribution is -0.129. The van der Waals surface area contributed by atoms with Crippen molar-refractivity contribution in [1.29, 1.82) is 0 Å². The highest BCUT2D eigenvalue weighted by atomic mass is 32.2. The predicted octanol–water partition coefficient (Wildman–Crippen LogP) is 3.09. The van der Waals surface area contributed by atoms with E-state index in [9.17, 15) is 18.0 Å². The third-order valence-corrected chi connectivity index (χ3v) is 6.84. The minimum atomic E-state index is -3.72. The predicted molar refractivity (Wildman–Crippen MR) is 105 cm³/mol. The van der Waals surface area contributed by atoms with Gasteiger partial charge in [-0.25, -0.2) is 13.1 Å². The van der Waals surface area contributed by atoms with Crippen LogP contribution in [-0.2, 0) is 26.0 Å². The van der Waals surface area contributed by atoms with Crippen LogP contribution in [0.1, 0.15) is 49.3 Å². The van der Waals surface area contributed by atoms with Crippen molar-refractivity contribution in [2.45, 2.75) is 49.5 Å². The fourth-order valence-corrected chi connectivity index (χ4v) is 5.20. The van der Waals surface area contributed by atoms with Crippen molar-refractivity contribution in [3.63, 3.8) is 0 Å². The molecule has 1 fully saturated rings. The summed E-state index contributed by atoms with van der Waals surface area (Å²) in [5.41, 5.74) is 2.62. The van der Waals surface area contributed by atoms with Crippen molar-refractivity contribution < 1.29 is 18.0 Å². The van der Waals surface area contributed by atoms with E-state index in [1.807, 2.05) is 24.3 Å². The highest BCUT2D eigenvalue weighted by molar-refractivity contribution is 7.89. The zero-order valence-corrected chi connectivity index (χ0v) is 16.2. The molecule has 4 rings (SSSR count). The molecule has 1 unspecified atom stereocenters. The third kappa shape index (κ3) is 3.59. The summed E-state index contributed by atoms with van der Waals surface area (Å²) in [6.45, 7) is 0. The molecule has 0 aromatic heterocycles. The molecule has 0 spiro atoms. The summed E-state index contributed by atoms with van der Waals surface area (Å²) in [5.74, 6) is -0.493. The van der Waals surface area contributed by atoms with E-state index in [0.29, 0.717) is 24.9 Å². The number of hydrogen-bond donors (Lipinski definition) is 1. The SMILES string of the molecule is O=C1CCCC(=O)N1c1ccc(S(=O)(=O)NC2CCCc3ccccc32)cc1. The lowest BCUT2D eigenvalue weighted by atomic mass is 9.88. The molecular weight excluding hydrogens is 376 g/mol. The molecule has 0 radical (unpaired) electrons. The van der Waals surface area contributed by atoms with Crippen LogP contribution < -0.4 is 9.62 Å².